The molecule has 0 fully saturated rings. The van der Waals surface area contributed by atoms with Crippen LogP contribution in [0.1, 0.15) is 12.5 Å². The van der Waals surface area contributed by atoms with Crippen molar-refractivity contribution in [2.75, 3.05) is 0 Å². The Hall–Kier alpha value is -1.82. The van der Waals surface area contributed by atoms with Crippen molar-refractivity contribution in [3.8, 4) is 0 Å². The first-order valence-corrected chi connectivity index (χ1v) is 5.68. The molecular weight excluding hydrogens is 192 g/mol. The van der Waals surface area contributed by atoms with E-state index in [1.54, 1.807) is 0 Å². The van der Waals surface area contributed by atoms with Crippen molar-refractivity contribution in [3.63, 3.8) is 0 Å². The molecule has 16 heavy (non-hydrogen) atoms. The van der Waals surface area contributed by atoms with E-state index in [9.17, 15) is 0 Å². The standard InChI is InChI=1S/C16H14/c1-3-12-9-10-14-6-4-5-13-8-7-11(2)15(12)16(13)14/h3-10H,1-2H3/b12-3-. The summed E-state index contributed by atoms with van der Waals surface area (Å²) in [6, 6.07) is 15.4. The molecule has 0 unspecified atom stereocenters. The lowest BCUT2D eigenvalue weighted by Crippen LogP contribution is -2.02. The van der Waals surface area contributed by atoms with Crippen molar-refractivity contribution < 1.29 is 0 Å². The first-order valence-electron chi connectivity index (χ1n) is 5.68. The molecule has 0 aromatic heterocycles. The van der Waals surface area contributed by atoms with Gasteiger partial charge in [-0.25, -0.2) is 0 Å². The monoisotopic (exact) mass is 206 g/mol. The summed E-state index contributed by atoms with van der Waals surface area (Å²) in [5.74, 6) is 0. The maximum absolute atomic E-state index is 2.21. The van der Waals surface area contributed by atoms with E-state index in [-0.39, 0.29) is 0 Å². The van der Waals surface area contributed by atoms with Crippen molar-refractivity contribution in [1.29, 1.82) is 0 Å². The molecule has 0 atom stereocenters. The Bertz CT molecular complexity index is 705. The fourth-order valence-electron chi connectivity index (χ4n) is 2.53. The van der Waals surface area contributed by atoms with E-state index in [4.69, 9.17) is 0 Å². The minimum absolute atomic E-state index is 1.34. The van der Waals surface area contributed by atoms with Gasteiger partial charge in [-0.05, 0) is 46.2 Å². The maximum atomic E-state index is 2.21. The maximum Gasteiger partial charge on any atom is -0.00303 e. The van der Waals surface area contributed by atoms with Gasteiger partial charge in [0.1, 0.15) is 0 Å². The molecule has 3 aromatic rings. The third-order valence-corrected chi connectivity index (χ3v) is 3.33. The Morgan fingerprint density at radius 2 is 1.50 bits per heavy atom. The van der Waals surface area contributed by atoms with Gasteiger partial charge in [0, 0.05) is 0 Å². The molecule has 0 spiro atoms. The van der Waals surface area contributed by atoms with Crippen molar-refractivity contribution in [2.24, 2.45) is 0 Å². The fraction of sp³-hybridized carbons (Fsp3) is 0.125. The van der Waals surface area contributed by atoms with Crippen molar-refractivity contribution in [2.45, 2.75) is 13.8 Å². The molecule has 0 N–H and O–H groups in total. The van der Waals surface area contributed by atoms with E-state index in [2.05, 4.69) is 62.4 Å². The van der Waals surface area contributed by atoms with Gasteiger partial charge in [-0.15, -0.1) is 0 Å². The van der Waals surface area contributed by atoms with Gasteiger partial charge in [-0.3, -0.25) is 0 Å². The Morgan fingerprint density at radius 1 is 0.812 bits per heavy atom. The lowest BCUT2D eigenvalue weighted by molar-refractivity contribution is 1.52. The lowest BCUT2D eigenvalue weighted by atomic mass is 9.96. The SMILES string of the molecule is C/C=c1/ccc2cccc3ccc(C)c1c32. The predicted molar refractivity (Wildman–Crippen MR) is 71.5 cm³/mol. The molecular formula is C16H14. The van der Waals surface area contributed by atoms with Crippen LogP contribution in [0, 0.1) is 6.92 Å². The Labute approximate surface area is 95.2 Å². The van der Waals surface area contributed by atoms with E-state index >= 15 is 0 Å². The van der Waals surface area contributed by atoms with Crippen molar-refractivity contribution in [3.05, 3.63) is 53.2 Å². The van der Waals surface area contributed by atoms with Crippen LogP contribution >= 0.6 is 0 Å². The molecule has 0 bridgehead atoms. The normalized spacial score (nSPS) is 12.8. The van der Waals surface area contributed by atoms with E-state index in [1.165, 1.54) is 32.3 Å². The zero-order valence-corrected chi connectivity index (χ0v) is 9.62. The average Bonchev–Trinajstić information content (AvgIpc) is 2.33. The zero-order chi connectivity index (χ0) is 11.1. The molecule has 0 saturated heterocycles. The van der Waals surface area contributed by atoms with E-state index in [0.29, 0.717) is 0 Å². The summed E-state index contributed by atoms with van der Waals surface area (Å²) in [6.07, 6.45) is 2.19. The second-order valence-electron chi connectivity index (χ2n) is 4.28. The third kappa shape index (κ3) is 1.16. The smallest absolute Gasteiger partial charge is 0.00303 e. The van der Waals surface area contributed by atoms with Crippen LogP contribution < -0.4 is 5.22 Å². The van der Waals surface area contributed by atoms with Gasteiger partial charge < -0.3 is 0 Å². The summed E-state index contributed by atoms with van der Waals surface area (Å²) in [5.41, 5.74) is 1.36. The van der Waals surface area contributed by atoms with Crippen LogP contribution in [0.2, 0.25) is 0 Å². The first-order chi connectivity index (χ1) is 7.81. The number of benzene rings is 3. The molecule has 78 valence electrons. The van der Waals surface area contributed by atoms with E-state index in [1.807, 2.05) is 0 Å². The summed E-state index contributed by atoms with van der Waals surface area (Å²) < 4.78 is 0. The van der Waals surface area contributed by atoms with Crippen LogP contribution in [0.15, 0.2) is 42.5 Å². The molecule has 0 heterocycles. The molecule has 0 nitrogen and oxygen atoms in total. The quantitative estimate of drug-likeness (QED) is 0.524. The molecule has 0 aliphatic carbocycles. The predicted octanol–water partition coefficient (Wildman–Crippen LogP) is 3.82. The minimum Gasteiger partial charge on any atom is -0.0798 e. The van der Waals surface area contributed by atoms with E-state index in [0.717, 1.165) is 0 Å². The van der Waals surface area contributed by atoms with Crippen LogP contribution in [0.5, 0.6) is 0 Å². The molecule has 0 aliphatic heterocycles. The first kappa shape index (κ1) is 9.41. The number of aryl methyl sites for hydroxylation is 1. The van der Waals surface area contributed by atoms with Crippen LogP contribution in [-0.4, -0.2) is 0 Å². The Balaban J connectivity index is 2.76. The van der Waals surface area contributed by atoms with Crippen molar-refractivity contribution >= 4 is 27.6 Å². The van der Waals surface area contributed by atoms with Gasteiger partial charge in [0.25, 0.3) is 0 Å². The average molecular weight is 206 g/mol. The molecule has 3 aromatic carbocycles. The number of rotatable bonds is 0. The summed E-state index contributed by atoms with van der Waals surface area (Å²) in [7, 11) is 0. The van der Waals surface area contributed by atoms with Crippen LogP contribution in [0.3, 0.4) is 0 Å². The van der Waals surface area contributed by atoms with Crippen LogP contribution in [0.25, 0.3) is 27.6 Å². The second-order valence-corrected chi connectivity index (χ2v) is 4.28. The summed E-state index contributed by atoms with van der Waals surface area (Å²) in [4.78, 5) is 0. The molecule has 3 rings (SSSR count). The van der Waals surface area contributed by atoms with Gasteiger partial charge in [0.15, 0.2) is 0 Å². The van der Waals surface area contributed by atoms with Gasteiger partial charge in [-0.1, -0.05) is 48.5 Å². The van der Waals surface area contributed by atoms with Crippen LogP contribution in [0.4, 0.5) is 0 Å². The third-order valence-electron chi connectivity index (χ3n) is 3.33. The van der Waals surface area contributed by atoms with Crippen molar-refractivity contribution in [1.82, 2.24) is 0 Å². The van der Waals surface area contributed by atoms with Gasteiger partial charge in [0.05, 0.1) is 0 Å². The lowest BCUT2D eigenvalue weighted by Gasteiger charge is -2.08. The highest BCUT2D eigenvalue weighted by Crippen LogP contribution is 2.26. The molecule has 0 saturated carbocycles. The molecule has 0 heteroatoms. The van der Waals surface area contributed by atoms with Crippen LogP contribution in [-0.2, 0) is 0 Å². The van der Waals surface area contributed by atoms with Gasteiger partial charge in [0.2, 0.25) is 0 Å². The Kier molecular flexibility index (Phi) is 1.97. The zero-order valence-electron chi connectivity index (χ0n) is 9.62. The number of hydrogen-bond donors (Lipinski definition) is 0. The molecule has 0 amide bonds. The van der Waals surface area contributed by atoms with Gasteiger partial charge >= 0.3 is 0 Å². The highest BCUT2D eigenvalue weighted by atomic mass is 14.1. The molecule has 0 radical (unpaired) electrons. The summed E-state index contributed by atoms with van der Waals surface area (Å²) in [6.45, 7) is 4.29. The fourth-order valence-corrected chi connectivity index (χ4v) is 2.53. The minimum atomic E-state index is 1.34. The largest absolute Gasteiger partial charge is 0.0798 e. The summed E-state index contributed by atoms with van der Waals surface area (Å²) >= 11 is 0. The second kappa shape index (κ2) is 3.34. The van der Waals surface area contributed by atoms with Gasteiger partial charge in [-0.2, -0.15) is 0 Å². The highest BCUT2D eigenvalue weighted by Gasteiger charge is 2.04. The highest BCUT2D eigenvalue weighted by molar-refractivity contribution is 6.11. The Morgan fingerprint density at radius 3 is 2.19 bits per heavy atom. The number of hydrogen-bond acceptors (Lipinski definition) is 0. The summed E-state index contributed by atoms with van der Waals surface area (Å²) in [5, 5.41) is 6.81. The topological polar surface area (TPSA) is 0 Å². The van der Waals surface area contributed by atoms with E-state index < -0.39 is 0 Å². The molecule has 0 aliphatic rings.